The van der Waals surface area contributed by atoms with Crippen molar-refractivity contribution in [2.24, 2.45) is 0 Å². The van der Waals surface area contributed by atoms with E-state index in [1.54, 1.807) is 0 Å². The van der Waals surface area contributed by atoms with E-state index < -0.39 is 0 Å². The van der Waals surface area contributed by atoms with Gasteiger partial charge in [0.1, 0.15) is 0 Å². The van der Waals surface area contributed by atoms with Crippen LogP contribution in [0.15, 0.2) is 73.3 Å². The Bertz CT molecular complexity index is 522. The van der Waals surface area contributed by atoms with Gasteiger partial charge in [0.25, 0.3) is 0 Å². The van der Waals surface area contributed by atoms with Crippen molar-refractivity contribution in [1.82, 2.24) is 0 Å². The lowest BCUT2D eigenvalue weighted by Gasteiger charge is -2.34. The van der Waals surface area contributed by atoms with Gasteiger partial charge in [0.15, 0.2) is 0 Å². The van der Waals surface area contributed by atoms with E-state index in [4.69, 9.17) is 0 Å². The second-order valence-corrected chi connectivity index (χ2v) is 5.15. The van der Waals surface area contributed by atoms with E-state index in [0.717, 1.165) is 24.9 Å². The molecule has 0 saturated carbocycles. The van der Waals surface area contributed by atoms with E-state index in [1.165, 1.54) is 5.69 Å². The normalized spacial score (nSPS) is 11.7. The summed E-state index contributed by atoms with van der Waals surface area (Å²) in [5.41, 5.74) is 5.84. The molecule has 2 rings (SSSR count). The Morgan fingerprint density at radius 1 is 1.05 bits per heavy atom. The Kier molecular flexibility index (Phi) is 5.89. The molecule has 1 unspecified atom stereocenters. The molecule has 0 amide bonds. The zero-order chi connectivity index (χ0) is 14.9. The van der Waals surface area contributed by atoms with E-state index in [2.05, 4.69) is 60.3 Å². The van der Waals surface area contributed by atoms with Crippen LogP contribution in [0.2, 0.25) is 0 Å². The summed E-state index contributed by atoms with van der Waals surface area (Å²) in [4.78, 5) is 0. The van der Waals surface area contributed by atoms with Gasteiger partial charge in [-0.1, -0.05) is 55.8 Å². The lowest BCUT2D eigenvalue weighted by Crippen LogP contribution is -2.39. The van der Waals surface area contributed by atoms with Gasteiger partial charge in [-0.25, -0.2) is 0 Å². The molecule has 0 aliphatic rings. The second kappa shape index (κ2) is 8.15. The number of anilines is 2. The molecule has 0 radical (unpaired) electrons. The van der Waals surface area contributed by atoms with Crippen LogP contribution in [-0.2, 0) is 0 Å². The number of benzene rings is 2. The zero-order valence-corrected chi connectivity index (χ0v) is 12.7. The molecule has 0 saturated heterocycles. The molecular formula is C19H24N2. The molecule has 0 heterocycles. The fraction of sp³-hybridized carbons (Fsp3) is 0.263. The van der Waals surface area contributed by atoms with Gasteiger partial charge in [0.2, 0.25) is 0 Å². The number of hydrogen-bond donors (Lipinski definition) is 1. The lowest BCUT2D eigenvalue weighted by atomic mass is 10.1. The largest absolute Gasteiger partial charge is 0.298 e. The molecule has 0 aliphatic heterocycles. The monoisotopic (exact) mass is 280 g/mol. The maximum atomic E-state index is 3.91. The van der Waals surface area contributed by atoms with E-state index in [0.29, 0.717) is 6.04 Å². The number of rotatable bonds is 8. The highest BCUT2D eigenvalue weighted by Gasteiger charge is 2.17. The third-order valence-electron chi connectivity index (χ3n) is 3.48. The molecule has 2 nitrogen and oxygen atoms in total. The van der Waals surface area contributed by atoms with Crippen molar-refractivity contribution in [3.05, 3.63) is 73.3 Å². The van der Waals surface area contributed by atoms with Gasteiger partial charge in [0, 0.05) is 0 Å². The maximum absolute atomic E-state index is 3.91. The highest BCUT2D eigenvalue weighted by Crippen LogP contribution is 2.22. The standard InChI is InChI=1S/C19H24N2/c1-3-11-18(12-4-2)21(19-15-9-6-10-16-19)20-17-13-7-5-8-14-17/h3,5-10,13-16,18,20H,1,4,11-12H2,2H3. The third kappa shape index (κ3) is 4.38. The smallest absolute Gasteiger partial charge is 0.0575 e. The maximum Gasteiger partial charge on any atom is 0.0575 e. The molecule has 0 aromatic heterocycles. The van der Waals surface area contributed by atoms with Gasteiger partial charge < -0.3 is 0 Å². The van der Waals surface area contributed by atoms with Gasteiger partial charge in [-0.15, -0.1) is 6.58 Å². The first kappa shape index (κ1) is 15.2. The predicted molar refractivity (Wildman–Crippen MR) is 92.5 cm³/mol. The summed E-state index contributed by atoms with van der Waals surface area (Å²) in [5.74, 6) is 0. The van der Waals surface area contributed by atoms with Gasteiger partial charge in [-0.3, -0.25) is 10.4 Å². The van der Waals surface area contributed by atoms with Gasteiger partial charge in [0.05, 0.1) is 17.4 Å². The van der Waals surface area contributed by atoms with Gasteiger partial charge in [-0.2, -0.15) is 0 Å². The Labute approximate surface area is 128 Å². The van der Waals surface area contributed by atoms with Gasteiger partial charge in [-0.05, 0) is 37.1 Å². The van der Waals surface area contributed by atoms with Crippen LogP contribution in [0, 0.1) is 0 Å². The average Bonchev–Trinajstić information content (AvgIpc) is 2.54. The molecule has 0 bridgehead atoms. The van der Waals surface area contributed by atoms with Crippen LogP contribution < -0.4 is 10.4 Å². The van der Waals surface area contributed by atoms with Crippen LogP contribution in [-0.4, -0.2) is 6.04 Å². The van der Waals surface area contributed by atoms with E-state index in [9.17, 15) is 0 Å². The van der Waals surface area contributed by atoms with Crippen molar-refractivity contribution in [2.75, 3.05) is 10.4 Å². The molecule has 1 N–H and O–H groups in total. The van der Waals surface area contributed by atoms with Gasteiger partial charge >= 0.3 is 0 Å². The molecule has 0 spiro atoms. The number of hydrazine groups is 1. The van der Waals surface area contributed by atoms with Crippen LogP contribution in [0.4, 0.5) is 11.4 Å². The van der Waals surface area contributed by atoms with Crippen molar-refractivity contribution < 1.29 is 0 Å². The quantitative estimate of drug-likeness (QED) is 0.524. The first-order chi connectivity index (χ1) is 10.3. The summed E-state index contributed by atoms with van der Waals surface area (Å²) in [6.45, 7) is 6.14. The fourth-order valence-corrected chi connectivity index (χ4v) is 2.48. The lowest BCUT2D eigenvalue weighted by molar-refractivity contribution is 0.575. The number of nitrogens with one attached hydrogen (secondary N) is 1. The molecule has 0 fully saturated rings. The predicted octanol–water partition coefficient (Wildman–Crippen LogP) is 5.26. The SMILES string of the molecule is C=CCC(CCC)N(Nc1ccccc1)c1ccccc1. The van der Waals surface area contributed by atoms with E-state index in [1.807, 2.05) is 30.3 Å². The first-order valence-corrected chi connectivity index (χ1v) is 7.62. The number of nitrogens with zero attached hydrogens (tertiary/aromatic N) is 1. The molecule has 110 valence electrons. The van der Waals surface area contributed by atoms with Crippen LogP contribution in [0.25, 0.3) is 0 Å². The van der Waals surface area contributed by atoms with Crippen molar-refractivity contribution >= 4 is 11.4 Å². The number of hydrogen-bond acceptors (Lipinski definition) is 2. The summed E-state index contributed by atoms with van der Waals surface area (Å²) in [6, 6.07) is 21.2. The molecule has 2 aromatic rings. The van der Waals surface area contributed by atoms with Crippen molar-refractivity contribution in [1.29, 1.82) is 0 Å². The van der Waals surface area contributed by atoms with Crippen LogP contribution in [0.5, 0.6) is 0 Å². The van der Waals surface area contributed by atoms with E-state index in [-0.39, 0.29) is 0 Å². The Hall–Kier alpha value is -2.22. The van der Waals surface area contributed by atoms with Crippen LogP contribution >= 0.6 is 0 Å². The average molecular weight is 280 g/mol. The topological polar surface area (TPSA) is 15.3 Å². The van der Waals surface area contributed by atoms with Crippen LogP contribution in [0.3, 0.4) is 0 Å². The highest BCUT2D eigenvalue weighted by atomic mass is 15.5. The molecule has 0 aliphatic carbocycles. The molecule has 2 aromatic carbocycles. The highest BCUT2D eigenvalue weighted by molar-refractivity contribution is 5.55. The summed E-state index contributed by atoms with van der Waals surface area (Å²) < 4.78 is 0. The summed E-state index contributed by atoms with van der Waals surface area (Å²) in [6.07, 6.45) is 5.24. The summed E-state index contributed by atoms with van der Waals surface area (Å²) in [5, 5.41) is 2.26. The van der Waals surface area contributed by atoms with Crippen LogP contribution in [0.1, 0.15) is 26.2 Å². The second-order valence-electron chi connectivity index (χ2n) is 5.15. The minimum atomic E-state index is 0.398. The fourth-order valence-electron chi connectivity index (χ4n) is 2.48. The van der Waals surface area contributed by atoms with Crippen molar-refractivity contribution in [2.45, 2.75) is 32.2 Å². The van der Waals surface area contributed by atoms with Crippen molar-refractivity contribution in [3.8, 4) is 0 Å². The first-order valence-electron chi connectivity index (χ1n) is 7.62. The molecule has 1 atom stereocenters. The Morgan fingerprint density at radius 3 is 2.24 bits per heavy atom. The Balaban J connectivity index is 2.26. The summed E-state index contributed by atoms with van der Waals surface area (Å²) >= 11 is 0. The molecular weight excluding hydrogens is 256 g/mol. The van der Waals surface area contributed by atoms with Crippen molar-refractivity contribution in [3.63, 3.8) is 0 Å². The van der Waals surface area contributed by atoms with E-state index >= 15 is 0 Å². The Morgan fingerprint density at radius 2 is 1.67 bits per heavy atom. The number of para-hydroxylation sites is 2. The minimum Gasteiger partial charge on any atom is -0.298 e. The molecule has 2 heteroatoms. The third-order valence-corrected chi connectivity index (χ3v) is 3.48. The zero-order valence-electron chi connectivity index (χ0n) is 12.7. The molecule has 21 heavy (non-hydrogen) atoms. The summed E-state index contributed by atoms with van der Waals surface area (Å²) in [7, 11) is 0. The minimum absolute atomic E-state index is 0.398.